The maximum Gasteiger partial charge on any atom is 0.269 e. The number of phenols is 1. The van der Waals surface area contributed by atoms with Crippen LogP contribution in [0.25, 0.3) is 0 Å². The van der Waals surface area contributed by atoms with E-state index in [-0.39, 0.29) is 11.4 Å². The van der Waals surface area contributed by atoms with Gasteiger partial charge in [0.2, 0.25) is 0 Å². The molecule has 0 saturated carbocycles. The Kier molecular flexibility index (Phi) is 6.54. The molecule has 2 N–H and O–H groups in total. The fourth-order valence-corrected chi connectivity index (χ4v) is 3.63. The van der Waals surface area contributed by atoms with Crippen LogP contribution in [0.15, 0.2) is 76.3 Å². The average molecular weight is 435 g/mol. The lowest BCUT2D eigenvalue weighted by Gasteiger charge is -2.37. The summed E-state index contributed by atoms with van der Waals surface area (Å²) in [5.74, 6) is 1.83. The number of para-hydroxylation sites is 2. The molecule has 166 valence electrons. The molecule has 32 heavy (non-hydrogen) atoms. The number of non-ortho nitro benzene ring substituents is 1. The second-order valence-corrected chi connectivity index (χ2v) is 7.46. The molecule has 0 aliphatic carbocycles. The maximum atomic E-state index is 10.9. The van der Waals surface area contributed by atoms with Gasteiger partial charge in [0, 0.05) is 38.3 Å². The third kappa shape index (κ3) is 5.18. The zero-order valence-electron chi connectivity index (χ0n) is 17.6. The first kappa shape index (κ1) is 21.2. The zero-order valence-corrected chi connectivity index (χ0v) is 17.6. The van der Waals surface area contributed by atoms with E-state index in [0.717, 1.165) is 49.1 Å². The van der Waals surface area contributed by atoms with Crippen molar-refractivity contribution in [2.45, 2.75) is 13.1 Å². The van der Waals surface area contributed by atoms with Gasteiger partial charge in [-0.1, -0.05) is 24.3 Å². The number of benzene rings is 2. The highest BCUT2D eigenvalue weighted by atomic mass is 16.6. The summed E-state index contributed by atoms with van der Waals surface area (Å²) in [6.45, 7) is 3.87. The van der Waals surface area contributed by atoms with E-state index in [4.69, 9.17) is 9.41 Å². The number of nitrogens with one attached hydrogen (secondary N) is 1. The summed E-state index contributed by atoms with van der Waals surface area (Å²) in [5.41, 5.74) is 1.79. The number of rotatable bonds is 6. The van der Waals surface area contributed by atoms with Crippen LogP contribution in [0, 0.1) is 10.1 Å². The normalized spacial score (nSPS) is 14.4. The van der Waals surface area contributed by atoms with E-state index < -0.39 is 4.92 Å². The van der Waals surface area contributed by atoms with Crippen LogP contribution in [0.5, 0.6) is 5.75 Å². The molecule has 3 aromatic rings. The molecule has 0 radical (unpaired) electrons. The highest BCUT2D eigenvalue weighted by Crippen LogP contribution is 2.27. The summed E-state index contributed by atoms with van der Waals surface area (Å²) in [7, 11) is 0. The molecular weight excluding hydrogens is 410 g/mol. The fourth-order valence-electron chi connectivity index (χ4n) is 3.63. The fraction of sp³-hybridized carbons (Fsp3) is 0.261. The van der Waals surface area contributed by atoms with E-state index in [2.05, 4.69) is 15.1 Å². The van der Waals surface area contributed by atoms with Crippen LogP contribution in [-0.2, 0) is 13.1 Å². The quantitative estimate of drug-likeness (QED) is 0.265. The molecule has 2 aromatic carbocycles. The third-order valence-corrected chi connectivity index (χ3v) is 5.36. The molecule has 1 saturated heterocycles. The average Bonchev–Trinajstić information content (AvgIpc) is 3.34. The Morgan fingerprint density at radius 3 is 2.47 bits per heavy atom. The molecule has 9 nitrogen and oxygen atoms in total. The number of aliphatic imine (C=N–C) groups is 1. The monoisotopic (exact) mass is 435 g/mol. The van der Waals surface area contributed by atoms with Crippen molar-refractivity contribution in [1.82, 2.24) is 10.2 Å². The van der Waals surface area contributed by atoms with Crippen LogP contribution >= 0.6 is 0 Å². The first-order valence-corrected chi connectivity index (χ1v) is 10.4. The molecule has 0 unspecified atom stereocenters. The molecule has 0 bridgehead atoms. The smallest absolute Gasteiger partial charge is 0.269 e. The van der Waals surface area contributed by atoms with Crippen molar-refractivity contribution < 1.29 is 14.4 Å². The molecular formula is C23H25N5O4. The van der Waals surface area contributed by atoms with Gasteiger partial charge >= 0.3 is 0 Å². The molecule has 0 atom stereocenters. The maximum absolute atomic E-state index is 10.9. The number of hydrogen-bond donors (Lipinski definition) is 2. The van der Waals surface area contributed by atoms with Crippen molar-refractivity contribution in [3.05, 3.63) is 88.4 Å². The van der Waals surface area contributed by atoms with E-state index in [1.807, 2.05) is 30.3 Å². The van der Waals surface area contributed by atoms with Crippen molar-refractivity contribution in [1.29, 1.82) is 0 Å². The Bertz CT molecular complexity index is 1060. The lowest BCUT2D eigenvalue weighted by atomic mass is 10.2. The molecule has 1 fully saturated rings. The molecule has 1 aliphatic rings. The van der Waals surface area contributed by atoms with Crippen molar-refractivity contribution in [3.8, 4) is 5.75 Å². The highest BCUT2D eigenvalue weighted by molar-refractivity contribution is 5.80. The van der Waals surface area contributed by atoms with Crippen LogP contribution in [0.3, 0.4) is 0 Å². The standard InChI is InChI=1S/C23H25N5O4/c29-22-6-2-1-5-21(22)26-11-13-27(14-12-26)23(25-17-20-4-3-15-32-20)24-16-18-7-9-19(10-8-18)28(30)31/h1-10,15,29H,11-14,16-17H2,(H,24,25). The summed E-state index contributed by atoms with van der Waals surface area (Å²) in [5, 5.41) is 24.4. The second-order valence-electron chi connectivity index (χ2n) is 7.46. The molecule has 1 aliphatic heterocycles. The number of phenolic OH excluding ortho intramolecular Hbond substituents is 1. The number of furan rings is 1. The summed E-state index contributed by atoms with van der Waals surface area (Å²) in [4.78, 5) is 19.5. The minimum absolute atomic E-state index is 0.0641. The number of hydrogen-bond acceptors (Lipinski definition) is 6. The van der Waals surface area contributed by atoms with Gasteiger partial charge in [0.25, 0.3) is 5.69 Å². The summed E-state index contributed by atoms with van der Waals surface area (Å²) >= 11 is 0. The van der Waals surface area contributed by atoms with E-state index in [1.165, 1.54) is 12.1 Å². The molecule has 9 heteroatoms. The Labute approximate surface area is 185 Å². The number of anilines is 1. The van der Waals surface area contributed by atoms with E-state index in [9.17, 15) is 15.2 Å². The summed E-state index contributed by atoms with van der Waals surface area (Å²) in [6, 6.07) is 17.5. The zero-order chi connectivity index (χ0) is 22.3. The summed E-state index contributed by atoms with van der Waals surface area (Å²) in [6.07, 6.45) is 1.63. The molecule has 0 spiro atoms. The van der Waals surface area contributed by atoms with Gasteiger partial charge in [-0.05, 0) is 29.8 Å². The summed E-state index contributed by atoms with van der Waals surface area (Å²) < 4.78 is 5.42. The van der Waals surface area contributed by atoms with Crippen molar-refractivity contribution >= 4 is 17.3 Å². The van der Waals surface area contributed by atoms with Gasteiger partial charge in [-0.25, -0.2) is 4.99 Å². The Balaban J connectivity index is 1.44. The number of nitrogens with zero attached hydrogens (tertiary/aromatic N) is 4. The van der Waals surface area contributed by atoms with E-state index in [1.54, 1.807) is 24.5 Å². The van der Waals surface area contributed by atoms with Gasteiger partial charge in [0.15, 0.2) is 5.96 Å². The SMILES string of the molecule is O=[N+]([O-])c1ccc(CN=C(NCc2ccco2)N2CCN(c3ccccc3O)CC2)cc1. The largest absolute Gasteiger partial charge is 0.506 e. The molecule has 2 heterocycles. The van der Waals surface area contributed by atoms with Gasteiger partial charge in [0.05, 0.1) is 30.0 Å². The van der Waals surface area contributed by atoms with Crippen molar-refractivity contribution in [2.75, 3.05) is 31.1 Å². The van der Waals surface area contributed by atoms with Crippen LogP contribution in [0.4, 0.5) is 11.4 Å². The van der Waals surface area contributed by atoms with Crippen molar-refractivity contribution in [2.24, 2.45) is 4.99 Å². The van der Waals surface area contributed by atoms with Gasteiger partial charge < -0.3 is 24.6 Å². The predicted octanol–water partition coefficient (Wildman–Crippen LogP) is 3.36. The van der Waals surface area contributed by atoms with Gasteiger partial charge in [-0.15, -0.1) is 0 Å². The Morgan fingerprint density at radius 1 is 1.06 bits per heavy atom. The number of nitro groups is 1. The molecule has 1 aromatic heterocycles. The van der Waals surface area contributed by atoms with Crippen LogP contribution in [0.1, 0.15) is 11.3 Å². The van der Waals surface area contributed by atoms with Crippen LogP contribution < -0.4 is 10.2 Å². The molecule has 0 amide bonds. The van der Waals surface area contributed by atoms with Crippen molar-refractivity contribution in [3.63, 3.8) is 0 Å². The van der Waals surface area contributed by atoms with Crippen LogP contribution in [-0.4, -0.2) is 47.1 Å². The van der Waals surface area contributed by atoms with Gasteiger partial charge in [-0.2, -0.15) is 0 Å². The topological polar surface area (TPSA) is 107 Å². The minimum atomic E-state index is -0.409. The van der Waals surface area contributed by atoms with Crippen LogP contribution in [0.2, 0.25) is 0 Å². The number of aromatic hydroxyl groups is 1. The lowest BCUT2D eigenvalue weighted by molar-refractivity contribution is -0.384. The Morgan fingerprint density at radius 2 is 1.81 bits per heavy atom. The lowest BCUT2D eigenvalue weighted by Crippen LogP contribution is -2.52. The first-order valence-electron chi connectivity index (χ1n) is 10.4. The third-order valence-electron chi connectivity index (χ3n) is 5.36. The van der Waals surface area contributed by atoms with Gasteiger partial charge in [0.1, 0.15) is 11.5 Å². The second kappa shape index (κ2) is 9.86. The highest BCUT2D eigenvalue weighted by Gasteiger charge is 2.21. The minimum Gasteiger partial charge on any atom is -0.506 e. The predicted molar refractivity (Wildman–Crippen MR) is 122 cm³/mol. The number of nitro benzene ring substituents is 1. The Hall–Kier alpha value is -4.01. The van der Waals surface area contributed by atoms with E-state index in [0.29, 0.717) is 13.1 Å². The van der Waals surface area contributed by atoms with Gasteiger partial charge in [-0.3, -0.25) is 10.1 Å². The number of guanidine groups is 1. The first-order chi connectivity index (χ1) is 15.6. The number of piperazine rings is 1. The van der Waals surface area contributed by atoms with E-state index >= 15 is 0 Å². The molecule has 4 rings (SSSR count).